The van der Waals surface area contributed by atoms with E-state index < -0.39 is 43.4 Å². The second kappa shape index (κ2) is 44.3. The Hall–Kier alpha value is -2.89. The van der Waals surface area contributed by atoms with Gasteiger partial charge in [-0.2, -0.15) is 0 Å². The van der Waals surface area contributed by atoms with Gasteiger partial charge in [-0.05, 0) is 96.3 Å². The molecule has 0 aromatic heterocycles. The van der Waals surface area contributed by atoms with E-state index in [2.05, 4.69) is 111 Å². The number of carbonyl (C=O) groups is 1. The molecule has 4 N–H and O–H groups in total. The number of carbonyl (C=O) groups excluding carboxylic acids is 1. The molecule has 9 nitrogen and oxygen atoms in total. The Morgan fingerprint density at radius 2 is 0.968 bits per heavy atom. The molecule has 6 unspecified atom stereocenters. The summed E-state index contributed by atoms with van der Waals surface area (Å²) in [4.78, 5) is 12.8. The van der Waals surface area contributed by atoms with Crippen molar-refractivity contribution in [3.05, 3.63) is 97.2 Å². The van der Waals surface area contributed by atoms with Crippen LogP contribution in [0.4, 0.5) is 0 Å². The smallest absolute Gasteiger partial charge is 0.306 e. The van der Waals surface area contributed by atoms with Gasteiger partial charge in [-0.15, -0.1) is 0 Å². The lowest BCUT2D eigenvalue weighted by Crippen LogP contribution is -2.59. The Morgan fingerprint density at radius 1 is 0.524 bits per heavy atom. The van der Waals surface area contributed by atoms with Crippen molar-refractivity contribution in [1.29, 1.82) is 0 Å². The van der Waals surface area contributed by atoms with E-state index in [1.54, 1.807) is 0 Å². The summed E-state index contributed by atoms with van der Waals surface area (Å²) in [5.41, 5.74) is 0. The third-order valence-electron chi connectivity index (χ3n) is 10.7. The van der Waals surface area contributed by atoms with E-state index in [0.29, 0.717) is 13.0 Å². The molecule has 1 saturated heterocycles. The molecule has 9 heteroatoms. The van der Waals surface area contributed by atoms with E-state index in [1.807, 2.05) is 0 Å². The predicted octanol–water partition coefficient (Wildman–Crippen LogP) is 12.0. The molecule has 0 aliphatic carbocycles. The summed E-state index contributed by atoms with van der Waals surface area (Å²) >= 11 is 0. The lowest BCUT2D eigenvalue weighted by molar-refractivity contribution is -0.305. The van der Waals surface area contributed by atoms with Crippen LogP contribution in [0.1, 0.15) is 174 Å². The van der Waals surface area contributed by atoms with Crippen molar-refractivity contribution in [3.63, 3.8) is 0 Å². The molecular weight excluding hydrogens is 793 g/mol. The Morgan fingerprint density at radius 3 is 1.48 bits per heavy atom. The first-order valence-electron chi connectivity index (χ1n) is 24.8. The van der Waals surface area contributed by atoms with Gasteiger partial charge < -0.3 is 39.4 Å². The highest BCUT2D eigenvalue weighted by atomic mass is 16.7. The molecule has 63 heavy (non-hydrogen) atoms. The fourth-order valence-electron chi connectivity index (χ4n) is 6.88. The van der Waals surface area contributed by atoms with Crippen molar-refractivity contribution in [2.75, 3.05) is 26.4 Å². The normalized spacial score (nSPS) is 20.5. The molecule has 0 spiro atoms. The zero-order valence-electron chi connectivity index (χ0n) is 39.5. The summed E-state index contributed by atoms with van der Waals surface area (Å²) in [6.45, 7) is 4.34. The van der Waals surface area contributed by atoms with Crippen LogP contribution in [0.15, 0.2) is 97.2 Å². The van der Waals surface area contributed by atoms with Gasteiger partial charge in [0.05, 0.1) is 19.8 Å². The van der Waals surface area contributed by atoms with Crippen LogP contribution in [0.25, 0.3) is 0 Å². The predicted molar refractivity (Wildman–Crippen MR) is 260 cm³/mol. The van der Waals surface area contributed by atoms with Gasteiger partial charge in [-0.3, -0.25) is 4.79 Å². The third kappa shape index (κ3) is 35.1. The zero-order valence-corrected chi connectivity index (χ0v) is 39.5. The maximum absolute atomic E-state index is 12.8. The molecule has 1 aliphatic rings. The van der Waals surface area contributed by atoms with Crippen molar-refractivity contribution >= 4 is 5.97 Å². The molecule has 1 aliphatic heterocycles. The maximum Gasteiger partial charge on any atom is 0.306 e. The number of ether oxygens (including phenoxy) is 4. The molecule has 0 aromatic rings. The molecular formula is C54H90O9. The number of allylic oxidation sites excluding steroid dienone is 16. The van der Waals surface area contributed by atoms with E-state index in [-0.39, 0.29) is 19.2 Å². The maximum atomic E-state index is 12.8. The molecule has 1 fully saturated rings. The van der Waals surface area contributed by atoms with Gasteiger partial charge in [0.15, 0.2) is 6.29 Å². The summed E-state index contributed by atoms with van der Waals surface area (Å²) in [5.74, 6) is -0.336. The third-order valence-corrected chi connectivity index (χ3v) is 10.7. The first-order chi connectivity index (χ1) is 30.9. The summed E-state index contributed by atoms with van der Waals surface area (Å²) in [6.07, 6.45) is 54.4. The van der Waals surface area contributed by atoms with Gasteiger partial charge in [0.25, 0.3) is 0 Å². The summed E-state index contributed by atoms with van der Waals surface area (Å²) in [5, 5.41) is 40.2. The van der Waals surface area contributed by atoms with Crippen molar-refractivity contribution in [2.24, 2.45) is 0 Å². The topological polar surface area (TPSA) is 135 Å². The van der Waals surface area contributed by atoms with Crippen LogP contribution in [-0.4, -0.2) is 89.6 Å². The monoisotopic (exact) mass is 883 g/mol. The van der Waals surface area contributed by atoms with Gasteiger partial charge in [0.1, 0.15) is 30.5 Å². The number of esters is 1. The fourth-order valence-corrected chi connectivity index (χ4v) is 6.88. The molecule has 0 amide bonds. The summed E-state index contributed by atoms with van der Waals surface area (Å²) in [7, 11) is 0. The number of hydrogen-bond donors (Lipinski definition) is 4. The van der Waals surface area contributed by atoms with E-state index in [0.717, 1.165) is 116 Å². The molecule has 0 bridgehead atoms. The van der Waals surface area contributed by atoms with Gasteiger partial charge in [0.2, 0.25) is 0 Å². The van der Waals surface area contributed by atoms with Crippen LogP contribution < -0.4 is 0 Å². The number of unbranched alkanes of at least 4 members (excludes halogenated alkanes) is 14. The second-order valence-corrected chi connectivity index (χ2v) is 16.5. The zero-order chi connectivity index (χ0) is 45.7. The SMILES string of the molecule is CC/C=C\C/C=C\C/C=C\C/C=C\C/C=C\C/C=C\C/C=C\CCCCCCOCC(COC1OC(CO)C(O)C(O)C1O)OC(=O)CCCCCCC/C=C\CCCCCCC. The number of hydrogen-bond acceptors (Lipinski definition) is 9. The molecule has 6 atom stereocenters. The minimum atomic E-state index is -1.55. The number of aliphatic hydroxyl groups is 4. The molecule has 0 aromatic carbocycles. The Balaban J connectivity index is 2.25. The highest BCUT2D eigenvalue weighted by molar-refractivity contribution is 5.69. The first-order valence-corrected chi connectivity index (χ1v) is 24.8. The minimum Gasteiger partial charge on any atom is -0.457 e. The molecule has 0 saturated carbocycles. The van der Waals surface area contributed by atoms with Crippen molar-refractivity contribution in [3.8, 4) is 0 Å². The largest absolute Gasteiger partial charge is 0.457 e. The van der Waals surface area contributed by atoms with E-state index >= 15 is 0 Å². The molecule has 0 radical (unpaired) electrons. The fraction of sp³-hybridized carbons (Fsp3) is 0.685. The Labute approximate surface area is 383 Å². The highest BCUT2D eigenvalue weighted by Gasteiger charge is 2.44. The number of aliphatic hydroxyl groups excluding tert-OH is 4. The summed E-state index contributed by atoms with van der Waals surface area (Å²) < 4.78 is 22.8. The van der Waals surface area contributed by atoms with Crippen LogP contribution in [0, 0.1) is 0 Å². The van der Waals surface area contributed by atoms with Crippen LogP contribution in [0.3, 0.4) is 0 Å². The number of rotatable bonds is 41. The van der Waals surface area contributed by atoms with E-state index in [9.17, 15) is 25.2 Å². The average Bonchev–Trinajstić information content (AvgIpc) is 3.28. The van der Waals surface area contributed by atoms with Crippen LogP contribution in [0.2, 0.25) is 0 Å². The van der Waals surface area contributed by atoms with E-state index in [4.69, 9.17) is 18.9 Å². The van der Waals surface area contributed by atoms with Gasteiger partial charge in [0, 0.05) is 13.0 Å². The van der Waals surface area contributed by atoms with E-state index in [1.165, 1.54) is 38.5 Å². The molecule has 1 rings (SSSR count). The van der Waals surface area contributed by atoms with Crippen molar-refractivity contribution < 1.29 is 44.2 Å². The van der Waals surface area contributed by atoms with Crippen LogP contribution in [0.5, 0.6) is 0 Å². The Bertz CT molecular complexity index is 1280. The lowest BCUT2D eigenvalue weighted by atomic mass is 9.99. The van der Waals surface area contributed by atoms with Crippen LogP contribution >= 0.6 is 0 Å². The second-order valence-electron chi connectivity index (χ2n) is 16.5. The molecule has 1 heterocycles. The summed E-state index contributed by atoms with van der Waals surface area (Å²) in [6, 6.07) is 0. The van der Waals surface area contributed by atoms with Crippen molar-refractivity contribution in [1.82, 2.24) is 0 Å². The highest BCUT2D eigenvalue weighted by Crippen LogP contribution is 2.22. The minimum absolute atomic E-state index is 0.118. The van der Waals surface area contributed by atoms with Gasteiger partial charge >= 0.3 is 5.97 Å². The first kappa shape index (κ1) is 58.1. The molecule has 360 valence electrons. The van der Waals surface area contributed by atoms with Gasteiger partial charge in [-0.1, -0.05) is 169 Å². The quantitative estimate of drug-likeness (QED) is 0.0269. The Kier molecular flexibility index (Phi) is 40.9. The van der Waals surface area contributed by atoms with Gasteiger partial charge in [-0.25, -0.2) is 0 Å². The average molecular weight is 883 g/mol. The lowest BCUT2D eigenvalue weighted by Gasteiger charge is -2.39. The van der Waals surface area contributed by atoms with Crippen molar-refractivity contribution in [2.45, 2.75) is 211 Å². The standard InChI is InChI=1S/C54H90O9/c1-3-5-7-9-11-13-15-17-19-20-21-22-23-24-25-26-27-28-29-30-32-34-36-38-40-42-44-60-46-48(47-61-54-53(59)52(58)51(57)49(45-55)63-54)62-50(56)43-41-39-37-35-33-31-18-16-14-12-10-8-6-4-2/h5,7,11,13,16-19,21-22,24-25,27-28,30,32,48-49,51-55,57-59H,3-4,6,8-10,12,14-15,20,23,26,29,31,33-47H2,1-2H3/b7-5-,13-11-,18-16-,19-17-,22-21-,25-24-,28-27-,32-30-. The van der Waals surface area contributed by atoms with Crippen LogP contribution in [-0.2, 0) is 23.7 Å².